The predicted molar refractivity (Wildman–Crippen MR) is 81.9 cm³/mol. The fourth-order valence-corrected chi connectivity index (χ4v) is 3.60. The molecule has 0 radical (unpaired) electrons. The lowest BCUT2D eigenvalue weighted by molar-refractivity contribution is -0.149. The van der Waals surface area contributed by atoms with Crippen LogP contribution < -0.4 is 0 Å². The Bertz CT molecular complexity index is 687. The number of hydrogen-bond donors (Lipinski definition) is 0. The average molecular weight is 317 g/mol. The van der Waals surface area contributed by atoms with Gasteiger partial charge in [0, 0.05) is 22.8 Å². The Morgan fingerprint density at radius 2 is 2.23 bits per heavy atom. The van der Waals surface area contributed by atoms with Crippen LogP contribution in [0.2, 0.25) is 0 Å². The lowest BCUT2D eigenvalue weighted by atomic mass is 9.80. The molecule has 114 valence electrons. The van der Waals surface area contributed by atoms with E-state index in [0.29, 0.717) is 24.1 Å². The molecule has 0 saturated heterocycles. The van der Waals surface area contributed by atoms with Crippen LogP contribution in [0.5, 0.6) is 0 Å². The zero-order valence-corrected chi connectivity index (χ0v) is 12.9. The van der Waals surface area contributed by atoms with Gasteiger partial charge in [0.1, 0.15) is 0 Å². The lowest BCUT2D eigenvalue weighted by Crippen LogP contribution is -2.34. The molecule has 1 saturated carbocycles. The molecule has 1 amide bonds. The Morgan fingerprint density at radius 3 is 2.91 bits per heavy atom. The number of amides is 1. The van der Waals surface area contributed by atoms with Crippen LogP contribution in [0.3, 0.4) is 0 Å². The second kappa shape index (κ2) is 5.96. The summed E-state index contributed by atoms with van der Waals surface area (Å²) >= 11 is 1.60. The fraction of sp³-hybridized carbons (Fsp3) is 0.375. The molecule has 1 aliphatic heterocycles. The van der Waals surface area contributed by atoms with E-state index in [1.165, 1.54) is 6.08 Å². The Labute approximate surface area is 131 Å². The normalized spacial score (nSPS) is 24.4. The largest absolute Gasteiger partial charge is 0.465 e. The number of ether oxygens (including phenoxy) is 1. The van der Waals surface area contributed by atoms with Crippen molar-refractivity contribution in [1.82, 2.24) is 0 Å². The molecule has 0 spiro atoms. The number of ketones is 1. The number of esters is 1. The Kier molecular flexibility index (Phi) is 4.02. The minimum absolute atomic E-state index is 0.0646. The monoisotopic (exact) mass is 317 g/mol. The molecular weight excluding hydrogens is 302 g/mol. The quantitative estimate of drug-likeness (QED) is 0.633. The zero-order chi connectivity index (χ0) is 15.7. The molecule has 1 fully saturated rings. The van der Waals surface area contributed by atoms with Crippen LogP contribution in [0.4, 0.5) is 0 Å². The number of dihydropyridines is 1. The van der Waals surface area contributed by atoms with Crippen molar-refractivity contribution >= 4 is 34.7 Å². The summed E-state index contributed by atoms with van der Waals surface area (Å²) in [6.45, 7) is 1.86. The van der Waals surface area contributed by atoms with Crippen molar-refractivity contribution in [3.63, 3.8) is 0 Å². The van der Waals surface area contributed by atoms with Crippen molar-refractivity contribution in [2.24, 2.45) is 10.9 Å². The third kappa shape index (κ3) is 2.66. The van der Waals surface area contributed by atoms with Gasteiger partial charge < -0.3 is 4.74 Å². The number of allylic oxidation sites excluding steroid dienone is 1. The minimum Gasteiger partial charge on any atom is -0.465 e. The molecule has 3 rings (SSSR count). The van der Waals surface area contributed by atoms with E-state index >= 15 is 0 Å². The Morgan fingerprint density at radius 1 is 1.41 bits per heavy atom. The lowest BCUT2D eigenvalue weighted by Gasteiger charge is -2.26. The number of aliphatic imine (C=N–C) groups is 1. The second-order valence-electron chi connectivity index (χ2n) is 5.25. The molecular formula is C16H15NO4S. The summed E-state index contributed by atoms with van der Waals surface area (Å²) in [5.41, 5.74) is 0.908. The van der Waals surface area contributed by atoms with E-state index in [4.69, 9.17) is 4.74 Å². The fourth-order valence-electron chi connectivity index (χ4n) is 2.77. The van der Waals surface area contributed by atoms with Crippen LogP contribution >= 0.6 is 11.3 Å². The van der Waals surface area contributed by atoms with Gasteiger partial charge in [0.2, 0.25) is 0 Å². The summed E-state index contributed by atoms with van der Waals surface area (Å²) in [6.07, 6.45) is 2.37. The summed E-state index contributed by atoms with van der Waals surface area (Å²) < 4.78 is 4.86. The van der Waals surface area contributed by atoms with E-state index in [9.17, 15) is 14.4 Å². The summed E-state index contributed by atoms with van der Waals surface area (Å²) in [5, 5.41) is 1.97. The van der Waals surface area contributed by atoms with Crippen molar-refractivity contribution in [2.45, 2.75) is 25.7 Å². The number of fused-ring (bicyclic) bond motifs is 1. The average Bonchev–Trinajstić information content (AvgIpc) is 3.00. The van der Waals surface area contributed by atoms with Gasteiger partial charge in [-0.25, -0.2) is 4.99 Å². The topological polar surface area (TPSA) is 72.8 Å². The van der Waals surface area contributed by atoms with E-state index in [-0.39, 0.29) is 18.3 Å². The molecule has 0 aromatic carbocycles. The molecule has 0 N–H and O–H groups in total. The summed E-state index contributed by atoms with van der Waals surface area (Å²) in [4.78, 5) is 41.3. The zero-order valence-electron chi connectivity index (χ0n) is 12.1. The number of Topliss-reactive ketones (excluding diaryl/α,β-unsaturated/α-hetero) is 1. The molecule has 2 heterocycles. The van der Waals surface area contributed by atoms with Gasteiger partial charge in [0.25, 0.3) is 5.91 Å². The highest BCUT2D eigenvalue weighted by molar-refractivity contribution is 7.10. The van der Waals surface area contributed by atoms with Crippen LogP contribution in [-0.4, -0.2) is 30.0 Å². The van der Waals surface area contributed by atoms with Crippen molar-refractivity contribution in [3.8, 4) is 0 Å². The maximum Gasteiger partial charge on any atom is 0.322 e. The van der Waals surface area contributed by atoms with Gasteiger partial charge in [-0.05, 0) is 30.9 Å². The number of carbonyl (C=O) groups excluding carboxylic acids is 3. The maximum absolute atomic E-state index is 12.4. The summed E-state index contributed by atoms with van der Waals surface area (Å²) in [7, 11) is 0. The van der Waals surface area contributed by atoms with Crippen LogP contribution in [0.25, 0.3) is 0 Å². The molecule has 5 nitrogen and oxygen atoms in total. The molecule has 1 aromatic rings. The van der Waals surface area contributed by atoms with Crippen LogP contribution in [0.1, 0.15) is 30.6 Å². The number of nitrogens with zero attached hydrogens (tertiary/aromatic N) is 1. The first-order valence-electron chi connectivity index (χ1n) is 7.17. The molecule has 22 heavy (non-hydrogen) atoms. The molecule has 1 aliphatic carbocycles. The molecule has 6 heteroatoms. The van der Waals surface area contributed by atoms with E-state index in [0.717, 1.165) is 4.88 Å². The van der Waals surface area contributed by atoms with Gasteiger partial charge in [-0.15, -0.1) is 11.3 Å². The highest BCUT2D eigenvalue weighted by Gasteiger charge is 2.37. The first-order chi connectivity index (χ1) is 10.6. The van der Waals surface area contributed by atoms with Gasteiger partial charge in [0.05, 0.1) is 12.3 Å². The third-order valence-electron chi connectivity index (χ3n) is 3.81. The molecule has 2 aliphatic rings. The number of carbonyl (C=O) groups is 3. The van der Waals surface area contributed by atoms with Gasteiger partial charge in [-0.2, -0.15) is 0 Å². The van der Waals surface area contributed by atoms with Gasteiger partial charge in [-0.3, -0.25) is 14.4 Å². The Hall–Kier alpha value is -2.08. The highest BCUT2D eigenvalue weighted by Crippen LogP contribution is 2.36. The number of hydrogen-bond acceptors (Lipinski definition) is 5. The molecule has 2 unspecified atom stereocenters. The third-order valence-corrected chi connectivity index (χ3v) is 4.85. The standard InChI is InChI=1S/C16H15NO4S/c1-2-21-16(20)11-8-10-12(17-15(11)19)6-9(7-13(10)18)14-4-3-5-22-14/h3-5,8-9,11H,2,6-7H2,1H3. The summed E-state index contributed by atoms with van der Waals surface area (Å²) in [5.74, 6) is -2.27. The van der Waals surface area contributed by atoms with Crippen LogP contribution in [0.15, 0.2) is 34.2 Å². The first kappa shape index (κ1) is 14.8. The smallest absolute Gasteiger partial charge is 0.322 e. The molecule has 2 atom stereocenters. The van der Waals surface area contributed by atoms with E-state index in [1.54, 1.807) is 18.3 Å². The second-order valence-corrected chi connectivity index (χ2v) is 6.23. The summed E-state index contributed by atoms with van der Waals surface area (Å²) in [6, 6.07) is 3.93. The SMILES string of the molecule is CCOC(=O)C1C=C2C(=O)CC(c3cccs3)CC2=NC1=O. The number of rotatable bonds is 3. The van der Waals surface area contributed by atoms with Crippen molar-refractivity contribution in [3.05, 3.63) is 34.0 Å². The molecule has 1 aromatic heterocycles. The van der Waals surface area contributed by atoms with Gasteiger partial charge >= 0.3 is 5.97 Å². The van der Waals surface area contributed by atoms with E-state index in [2.05, 4.69) is 4.99 Å². The molecule has 0 bridgehead atoms. The maximum atomic E-state index is 12.4. The minimum atomic E-state index is -1.08. The van der Waals surface area contributed by atoms with Crippen LogP contribution in [0, 0.1) is 5.92 Å². The highest BCUT2D eigenvalue weighted by atomic mass is 32.1. The van der Waals surface area contributed by atoms with Crippen molar-refractivity contribution in [2.75, 3.05) is 6.61 Å². The number of thiophene rings is 1. The predicted octanol–water partition coefficient (Wildman–Crippen LogP) is 2.28. The van der Waals surface area contributed by atoms with Crippen molar-refractivity contribution < 1.29 is 19.1 Å². The first-order valence-corrected chi connectivity index (χ1v) is 8.05. The van der Waals surface area contributed by atoms with Crippen molar-refractivity contribution in [1.29, 1.82) is 0 Å². The van der Waals surface area contributed by atoms with Gasteiger partial charge in [0.15, 0.2) is 11.7 Å². The van der Waals surface area contributed by atoms with E-state index < -0.39 is 17.8 Å². The Balaban J connectivity index is 1.86. The van der Waals surface area contributed by atoms with Gasteiger partial charge in [-0.1, -0.05) is 6.07 Å². The van der Waals surface area contributed by atoms with Crippen LogP contribution in [-0.2, 0) is 19.1 Å². The van der Waals surface area contributed by atoms with E-state index in [1.807, 2.05) is 17.5 Å².